The molecule has 8 nitrogen and oxygen atoms in total. The molecule has 0 aliphatic heterocycles. The zero-order chi connectivity index (χ0) is 48.5. The summed E-state index contributed by atoms with van der Waals surface area (Å²) in [5, 5.41) is 13.9. The molecule has 0 saturated carbocycles. The molecule has 0 bridgehead atoms. The molecule has 0 aliphatic rings. The molecule has 0 aromatic carbocycles. The highest BCUT2D eigenvalue weighted by molar-refractivity contribution is 7.45. The molecule has 0 spiro atoms. The van der Waals surface area contributed by atoms with E-state index in [1.165, 1.54) is 173 Å². The molecule has 2 N–H and O–H groups in total. The number of aliphatic hydroxyl groups excluding tert-OH is 1. The van der Waals surface area contributed by atoms with Crippen molar-refractivity contribution in [2.45, 2.75) is 270 Å². The van der Waals surface area contributed by atoms with Crippen molar-refractivity contribution in [1.29, 1.82) is 0 Å². The Morgan fingerprint density at radius 2 is 0.879 bits per heavy atom. The first-order chi connectivity index (χ1) is 32.0. The number of rotatable bonds is 51. The largest absolute Gasteiger partial charge is 0.756 e. The molecular formula is C57H109N2O6P. The van der Waals surface area contributed by atoms with Crippen LogP contribution in [0.4, 0.5) is 0 Å². The first-order valence-electron chi connectivity index (χ1n) is 28.0. The van der Waals surface area contributed by atoms with E-state index < -0.39 is 20.0 Å². The second kappa shape index (κ2) is 48.5. The SMILES string of the molecule is CCCCCCC/C=C\C/C=C\C/C=C\CCCCCCCCC(=O)NC(COP(=O)([O-])OCC[N+](C)(C)C)C(O)/C=C/CCCCCCCCCCCCCCCCCCCCCCC. The molecule has 0 heterocycles. The average molecular weight is 949 g/mol. The first kappa shape index (κ1) is 64.5. The quantitative estimate of drug-likeness (QED) is 0.0272. The van der Waals surface area contributed by atoms with E-state index in [0.29, 0.717) is 17.4 Å². The smallest absolute Gasteiger partial charge is 0.268 e. The average Bonchev–Trinajstić information content (AvgIpc) is 3.28. The van der Waals surface area contributed by atoms with E-state index in [-0.39, 0.29) is 19.1 Å². The van der Waals surface area contributed by atoms with E-state index in [9.17, 15) is 19.4 Å². The van der Waals surface area contributed by atoms with Crippen LogP contribution in [0.5, 0.6) is 0 Å². The lowest BCUT2D eigenvalue weighted by molar-refractivity contribution is -0.870. The van der Waals surface area contributed by atoms with E-state index in [1.807, 2.05) is 27.2 Å². The van der Waals surface area contributed by atoms with Gasteiger partial charge in [-0.05, 0) is 57.8 Å². The lowest BCUT2D eigenvalue weighted by Crippen LogP contribution is -2.45. The Morgan fingerprint density at radius 1 is 0.530 bits per heavy atom. The van der Waals surface area contributed by atoms with Gasteiger partial charge in [-0.25, -0.2) is 0 Å². The molecule has 0 aromatic rings. The van der Waals surface area contributed by atoms with E-state index in [0.717, 1.165) is 64.2 Å². The summed E-state index contributed by atoms with van der Waals surface area (Å²) in [5.41, 5.74) is 0. The molecule has 0 radical (unpaired) electrons. The fourth-order valence-corrected chi connectivity index (χ4v) is 8.83. The maximum absolute atomic E-state index is 12.9. The molecule has 0 fully saturated rings. The molecule has 0 aromatic heterocycles. The van der Waals surface area contributed by atoms with E-state index in [4.69, 9.17) is 9.05 Å². The normalized spacial score (nSPS) is 14.3. The lowest BCUT2D eigenvalue weighted by atomic mass is 10.0. The molecule has 66 heavy (non-hydrogen) atoms. The van der Waals surface area contributed by atoms with Gasteiger partial charge in [0.1, 0.15) is 13.2 Å². The van der Waals surface area contributed by atoms with Crippen molar-refractivity contribution in [2.24, 2.45) is 0 Å². The maximum atomic E-state index is 12.9. The van der Waals surface area contributed by atoms with Crippen molar-refractivity contribution in [3.63, 3.8) is 0 Å². The van der Waals surface area contributed by atoms with Crippen molar-refractivity contribution in [3.05, 3.63) is 48.6 Å². The van der Waals surface area contributed by atoms with E-state index >= 15 is 0 Å². The van der Waals surface area contributed by atoms with Crippen LogP contribution in [0, 0.1) is 0 Å². The number of hydrogen-bond donors (Lipinski definition) is 2. The van der Waals surface area contributed by atoms with Crippen LogP contribution < -0.4 is 10.2 Å². The molecule has 9 heteroatoms. The minimum atomic E-state index is -4.60. The number of nitrogens with zero attached hydrogens (tertiary/aromatic N) is 1. The van der Waals surface area contributed by atoms with Crippen LogP contribution in [-0.2, 0) is 18.4 Å². The summed E-state index contributed by atoms with van der Waals surface area (Å²) in [5.74, 6) is -0.208. The Balaban J connectivity index is 4.28. The van der Waals surface area contributed by atoms with Crippen molar-refractivity contribution >= 4 is 13.7 Å². The highest BCUT2D eigenvalue weighted by Gasteiger charge is 2.23. The van der Waals surface area contributed by atoms with Crippen molar-refractivity contribution in [2.75, 3.05) is 40.9 Å². The van der Waals surface area contributed by atoms with Gasteiger partial charge in [-0.1, -0.05) is 242 Å². The predicted molar refractivity (Wildman–Crippen MR) is 284 cm³/mol. The Morgan fingerprint density at radius 3 is 1.27 bits per heavy atom. The predicted octanol–water partition coefficient (Wildman–Crippen LogP) is 16.1. The number of hydrogen-bond acceptors (Lipinski definition) is 6. The Kier molecular flexibility index (Phi) is 47.4. The van der Waals surface area contributed by atoms with Gasteiger partial charge in [-0.15, -0.1) is 0 Å². The summed E-state index contributed by atoms with van der Waals surface area (Å²) in [6.45, 7) is 4.65. The molecule has 388 valence electrons. The number of likely N-dealkylation sites (N-methyl/N-ethyl adjacent to an activating group) is 1. The van der Waals surface area contributed by atoms with Gasteiger partial charge in [0, 0.05) is 6.42 Å². The highest BCUT2D eigenvalue weighted by atomic mass is 31.2. The van der Waals surface area contributed by atoms with Gasteiger partial charge >= 0.3 is 0 Å². The number of phosphoric acid groups is 1. The molecule has 0 saturated heterocycles. The third-order valence-corrected chi connectivity index (χ3v) is 13.5. The topological polar surface area (TPSA) is 108 Å². The van der Waals surface area contributed by atoms with Crippen LogP contribution in [-0.4, -0.2) is 68.5 Å². The molecule has 3 atom stereocenters. The minimum Gasteiger partial charge on any atom is -0.756 e. The van der Waals surface area contributed by atoms with Gasteiger partial charge in [-0.2, -0.15) is 0 Å². The van der Waals surface area contributed by atoms with Gasteiger partial charge in [0.25, 0.3) is 7.82 Å². The number of aliphatic hydroxyl groups is 1. The number of unbranched alkanes of at least 4 members (excludes halogenated alkanes) is 32. The molecule has 3 unspecified atom stereocenters. The van der Waals surface area contributed by atoms with Crippen molar-refractivity contribution in [1.82, 2.24) is 5.32 Å². The number of carbonyl (C=O) groups excluding carboxylic acids is 1. The fraction of sp³-hybridized carbons (Fsp3) is 0.842. The molecule has 0 aliphatic carbocycles. The second-order valence-electron chi connectivity index (χ2n) is 20.3. The van der Waals surface area contributed by atoms with Gasteiger partial charge in [0.2, 0.25) is 5.91 Å². The van der Waals surface area contributed by atoms with Gasteiger partial charge in [-0.3, -0.25) is 9.36 Å². The van der Waals surface area contributed by atoms with Gasteiger partial charge in [0.05, 0.1) is 39.9 Å². The van der Waals surface area contributed by atoms with Crippen LogP contribution in [0.15, 0.2) is 48.6 Å². The van der Waals surface area contributed by atoms with Crippen molar-refractivity contribution in [3.8, 4) is 0 Å². The zero-order valence-corrected chi connectivity index (χ0v) is 45.0. The van der Waals surface area contributed by atoms with Crippen LogP contribution in [0.2, 0.25) is 0 Å². The van der Waals surface area contributed by atoms with Crippen LogP contribution in [0.3, 0.4) is 0 Å². The van der Waals surface area contributed by atoms with Crippen LogP contribution in [0.1, 0.15) is 258 Å². The Hall–Kier alpha value is -1.54. The fourth-order valence-electron chi connectivity index (χ4n) is 8.10. The number of quaternary nitrogens is 1. The minimum absolute atomic E-state index is 0.00475. The highest BCUT2D eigenvalue weighted by Crippen LogP contribution is 2.38. The summed E-state index contributed by atoms with van der Waals surface area (Å²) in [6, 6.07) is -0.895. The zero-order valence-electron chi connectivity index (χ0n) is 44.1. The molecular weight excluding hydrogens is 840 g/mol. The Bertz CT molecular complexity index is 1210. The number of nitrogens with one attached hydrogen (secondary N) is 1. The summed E-state index contributed by atoms with van der Waals surface area (Å²) < 4.78 is 23.3. The number of allylic oxidation sites excluding steroid dienone is 7. The monoisotopic (exact) mass is 949 g/mol. The molecule has 1 amide bonds. The number of phosphoric ester groups is 1. The second-order valence-corrected chi connectivity index (χ2v) is 21.7. The van der Waals surface area contributed by atoms with Crippen molar-refractivity contribution < 1.29 is 32.9 Å². The van der Waals surface area contributed by atoms with E-state index in [1.54, 1.807) is 6.08 Å². The van der Waals surface area contributed by atoms with Crippen LogP contribution >= 0.6 is 7.82 Å². The summed E-state index contributed by atoms with van der Waals surface area (Å²) in [4.78, 5) is 25.5. The Labute approximate surface area is 409 Å². The third-order valence-electron chi connectivity index (χ3n) is 12.5. The lowest BCUT2D eigenvalue weighted by Gasteiger charge is -2.29. The number of carbonyl (C=O) groups is 1. The molecule has 0 rings (SSSR count). The summed E-state index contributed by atoms with van der Waals surface area (Å²) in [6.07, 6.45) is 63.2. The summed E-state index contributed by atoms with van der Waals surface area (Å²) >= 11 is 0. The van der Waals surface area contributed by atoms with Crippen LogP contribution in [0.25, 0.3) is 0 Å². The van der Waals surface area contributed by atoms with Gasteiger partial charge in [0.15, 0.2) is 0 Å². The maximum Gasteiger partial charge on any atom is 0.268 e. The van der Waals surface area contributed by atoms with E-state index in [2.05, 4.69) is 55.6 Å². The third kappa shape index (κ3) is 50.3. The number of amides is 1. The van der Waals surface area contributed by atoms with Gasteiger partial charge < -0.3 is 28.8 Å². The first-order valence-corrected chi connectivity index (χ1v) is 29.5. The summed E-state index contributed by atoms with van der Waals surface area (Å²) in [7, 11) is 1.25. The standard InChI is InChI=1S/C57H109N2O6P/c1-6-8-10-12-14-16-18-20-22-24-26-28-29-31-32-34-36-38-40-42-44-46-48-50-56(60)55(54-65-66(62,63)64-53-52-59(3,4)5)58-57(61)51-49-47-45-43-41-39-37-35-33-30-27-25-23-21-19-17-15-13-11-9-7-2/h19,21,25,27,33,35,48,50,55-56,60H,6-18,20,22-24,26,28-32,34,36-47,49,51-54H2,1-5H3,(H-,58,61,62,63)/b21-19-,27-25-,35-33-,50-48+.